The molecule has 3 heterocycles. The SMILES string of the molecule is CC1=C(C)N(c2ccc(C(C)(C)c3ccccc3)cc2)[CH-]N1c1[c-]c(Oc2[c-]c3c(cc2)c2ccccc2n3-c2cc(C(C)(C)C)ccn2)cc(-c2ccccc2C(C)C)c1.[Pt]. The Balaban J connectivity index is 0.00000529. The number of aromatic nitrogens is 2. The molecular formula is C56H53N4OPt-3. The number of hydrogen-bond donors (Lipinski definition) is 0. The molecule has 0 saturated carbocycles. The topological polar surface area (TPSA) is 33.5 Å². The number of fused-ring (bicyclic) bond motifs is 3. The molecule has 0 saturated heterocycles. The van der Waals surface area contributed by atoms with Crippen LogP contribution in [0.4, 0.5) is 11.4 Å². The Bertz CT molecular complexity index is 2940. The second-order valence-corrected chi connectivity index (χ2v) is 18.1. The van der Waals surface area contributed by atoms with Gasteiger partial charge >= 0.3 is 0 Å². The third kappa shape index (κ3) is 7.88. The van der Waals surface area contributed by atoms with Gasteiger partial charge in [-0.3, -0.25) is 0 Å². The van der Waals surface area contributed by atoms with E-state index in [2.05, 4.69) is 229 Å². The maximum absolute atomic E-state index is 6.85. The standard InChI is InChI=1S/C56H53N4O.Pt/c1-37(2)48-19-13-14-20-49(48)40-31-45(59-36-58(38(3)39(59)4)44-25-23-42(24-26-44)56(8,9)41-17-11-10-12-18-41)34-47(32-40)61-46-27-28-51-50-21-15-16-22-52(50)60(53(51)35-46)54-33-43(29-30-57-54)55(5,6)7;/h10-33,36-37H,1-9H3;/q-3;. The Morgan fingerprint density at radius 2 is 1.31 bits per heavy atom. The van der Waals surface area contributed by atoms with Crippen molar-refractivity contribution >= 4 is 33.2 Å². The van der Waals surface area contributed by atoms with Gasteiger partial charge in [-0.1, -0.05) is 139 Å². The van der Waals surface area contributed by atoms with E-state index in [-0.39, 0.29) is 31.9 Å². The number of hydrogen-bond acceptors (Lipinski definition) is 4. The number of nitrogens with zero attached hydrogens (tertiary/aromatic N) is 4. The molecule has 0 atom stereocenters. The summed E-state index contributed by atoms with van der Waals surface area (Å²) in [4.78, 5) is 9.37. The minimum absolute atomic E-state index is 0. The molecule has 0 N–H and O–H groups in total. The maximum Gasteiger partial charge on any atom is 0.135 e. The van der Waals surface area contributed by atoms with Gasteiger partial charge in [0.2, 0.25) is 0 Å². The van der Waals surface area contributed by atoms with Crippen molar-refractivity contribution in [3.05, 3.63) is 198 Å². The summed E-state index contributed by atoms with van der Waals surface area (Å²) in [5.74, 6) is 2.41. The van der Waals surface area contributed by atoms with Crippen LogP contribution < -0.4 is 14.5 Å². The van der Waals surface area contributed by atoms with Crippen molar-refractivity contribution in [3.8, 4) is 28.4 Å². The zero-order chi connectivity index (χ0) is 42.6. The summed E-state index contributed by atoms with van der Waals surface area (Å²) in [5.41, 5.74) is 13.4. The number of allylic oxidation sites excluding steroid dienone is 2. The first-order valence-corrected chi connectivity index (χ1v) is 21.3. The van der Waals surface area contributed by atoms with Crippen LogP contribution in [-0.2, 0) is 31.9 Å². The molecule has 0 amide bonds. The normalized spacial score (nSPS) is 13.4. The maximum atomic E-state index is 6.85. The van der Waals surface area contributed by atoms with Crippen LogP contribution in [0.5, 0.6) is 11.5 Å². The third-order valence-electron chi connectivity index (χ3n) is 12.4. The average Bonchev–Trinajstić information content (AvgIpc) is 3.76. The van der Waals surface area contributed by atoms with Gasteiger partial charge in [-0.05, 0) is 88.7 Å². The van der Waals surface area contributed by atoms with Crippen LogP contribution in [0.2, 0.25) is 0 Å². The molecular weight excluding hydrogens is 940 g/mol. The molecule has 1 aliphatic rings. The second-order valence-electron chi connectivity index (χ2n) is 18.1. The van der Waals surface area contributed by atoms with Gasteiger partial charge in [0, 0.05) is 66.8 Å². The number of benzene rings is 6. The van der Waals surface area contributed by atoms with Gasteiger partial charge in [0.1, 0.15) is 5.82 Å². The van der Waals surface area contributed by atoms with E-state index >= 15 is 0 Å². The van der Waals surface area contributed by atoms with Gasteiger partial charge < -0.3 is 19.1 Å². The van der Waals surface area contributed by atoms with E-state index in [1.807, 2.05) is 12.3 Å². The summed E-state index contributed by atoms with van der Waals surface area (Å²) in [5, 5.41) is 2.24. The fourth-order valence-corrected chi connectivity index (χ4v) is 8.63. The average molecular weight is 993 g/mol. The minimum atomic E-state index is -0.119. The zero-order valence-corrected chi connectivity index (χ0v) is 39.3. The van der Waals surface area contributed by atoms with E-state index in [1.165, 1.54) is 27.8 Å². The summed E-state index contributed by atoms with van der Waals surface area (Å²) in [6.07, 6.45) is 1.91. The third-order valence-corrected chi connectivity index (χ3v) is 12.4. The summed E-state index contributed by atoms with van der Waals surface area (Å²) in [6, 6.07) is 57.0. The van der Waals surface area contributed by atoms with E-state index in [1.54, 1.807) is 0 Å². The molecule has 0 aliphatic carbocycles. The molecule has 0 fully saturated rings. The first-order chi connectivity index (χ1) is 29.3. The predicted molar refractivity (Wildman–Crippen MR) is 254 cm³/mol. The number of pyridine rings is 1. The van der Waals surface area contributed by atoms with Crippen molar-refractivity contribution in [2.75, 3.05) is 9.80 Å². The Morgan fingerprint density at radius 3 is 2.05 bits per heavy atom. The van der Waals surface area contributed by atoms with Crippen molar-refractivity contribution < 1.29 is 25.8 Å². The number of ether oxygens (including phenoxy) is 1. The molecule has 0 bridgehead atoms. The quantitative estimate of drug-likeness (QED) is 0.135. The van der Waals surface area contributed by atoms with E-state index in [0.29, 0.717) is 17.4 Å². The minimum Gasteiger partial charge on any atom is -0.509 e. The van der Waals surface area contributed by atoms with Crippen LogP contribution in [-0.4, -0.2) is 9.55 Å². The number of anilines is 2. The van der Waals surface area contributed by atoms with Crippen LogP contribution in [0.25, 0.3) is 38.8 Å². The molecule has 6 aromatic carbocycles. The molecule has 62 heavy (non-hydrogen) atoms. The molecule has 5 nitrogen and oxygen atoms in total. The molecule has 9 rings (SSSR count). The van der Waals surface area contributed by atoms with E-state index < -0.39 is 0 Å². The first-order valence-electron chi connectivity index (χ1n) is 21.3. The summed E-state index contributed by atoms with van der Waals surface area (Å²) < 4.78 is 9.06. The zero-order valence-electron chi connectivity index (χ0n) is 37.0. The largest absolute Gasteiger partial charge is 0.509 e. The fourth-order valence-electron chi connectivity index (χ4n) is 8.63. The molecule has 0 spiro atoms. The number of para-hydroxylation sites is 1. The Hall–Kier alpha value is -5.90. The summed E-state index contributed by atoms with van der Waals surface area (Å²) in [7, 11) is 0. The monoisotopic (exact) mass is 992 g/mol. The van der Waals surface area contributed by atoms with Gasteiger partial charge in [0.25, 0.3) is 0 Å². The smallest absolute Gasteiger partial charge is 0.135 e. The van der Waals surface area contributed by atoms with Gasteiger partial charge in [-0.2, -0.15) is 6.07 Å². The second kappa shape index (κ2) is 16.8. The first kappa shape index (κ1) is 42.8. The van der Waals surface area contributed by atoms with Crippen LogP contribution in [0.15, 0.2) is 157 Å². The Morgan fingerprint density at radius 1 is 0.629 bits per heavy atom. The molecule has 0 radical (unpaired) electrons. The van der Waals surface area contributed by atoms with E-state index in [4.69, 9.17) is 9.72 Å². The molecule has 316 valence electrons. The van der Waals surface area contributed by atoms with Crippen LogP contribution in [0, 0.1) is 18.8 Å². The van der Waals surface area contributed by atoms with Gasteiger partial charge in [0.05, 0.1) is 0 Å². The predicted octanol–water partition coefficient (Wildman–Crippen LogP) is 14.7. The van der Waals surface area contributed by atoms with Crippen LogP contribution in [0.1, 0.15) is 90.5 Å². The van der Waals surface area contributed by atoms with Crippen molar-refractivity contribution in [1.29, 1.82) is 0 Å². The van der Waals surface area contributed by atoms with Crippen LogP contribution >= 0.6 is 0 Å². The summed E-state index contributed by atoms with van der Waals surface area (Å²) >= 11 is 0. The van der Waals surface area contributed by atoms with Crippen LogP contribution in [0.3, 0.4) is 0 Å². The van der Waals surface area contributed by atoms with Gasteiger partial charge in [0.15, 0.2) is 0 Å². The van der Waals surface area contributed by atoms with Crippen molar-refractivity contribution in [2.45, 2.75) is 79.1 Å². The molecule has 2 aromatic heterocycles. The van der Waals surface area contributed by atoms with Crippen molar-refractivity contribution in [1.82, 2.24) is 9.55 Å². The fraction of sp³-hybridized carbons (Fsp3) is 0.214. The summed E-state index contributed by atoms with van der Waals surface area (Å²) in [6.45, 7) is 22.3. The molecule has 0 unspecified atom stereocenters. The molecule has 1 aliphatic heterocycles. The van der Waals surface area contributed by atoms with Crippen molar-refractivity contribution in [2.24, 2.45) is 0 Å². The Kier molecular flexibility index (Phi) is 11.6. The molecule has 8 aromatic rings. The molecule has 6 heteroatoms. The van der Waals surface area contributed by atoms with Gasteiger partial charge in [-0.15, -0.1) is 53.6 Å². The number of rotatable bonds is 9. The Labute approximate surface area is 382 Å². The van der Waals surface area contributed by atoms with E-state index in [9.17, 15) is 0 Å². The van der Waals surface area contributed by atoms with Crippen molar-refractivity contribution in [3.63, 3.8) is 0 Å². The van der Waals surface area contributed by atoms with Gasteiger partial charge in [-0.25, -0.2) is 4.98 Å². The van der Waals surface area contributed by atoms with E-state index in [0.717, 1.165) is 56.0 Å².